The molecular weight excluding hydrogens is 234 g/mol. The second-order valence-corrected chi connectivity index (χ2v) is 3.37. The van der Waals surface area contributed by atoms with Crippen LogP contribution in [-0.4, -0.2) is 17.3 Å². The maximum Gasteiger partial charge on any atom is 0.273 e. The van der Waals surface area contributed by atoms with Crippen molar-refractivity contribution in [3.8, 4) is 0 Å². The molecule has 1 heterocycles. The molecule has 18 heavy (non-hydrogen) atoms. The van der Waals surface area contributed by atoms with Gasteiger partial charge < -0.3 is 4.42 Å². The number of hydrazone groups is 1. The molecule has 1 amide bonds. The number of amides is 1. The Bertz CT molecular complexity index is 549. The van der Waals surface area contributed by atoms with Crippen LogP contribution in [0.3, 0.4) is 0 Å². The van der Waals surface area contributed by atoms with Crippen LogP contribution in [0.2, 0.25) is 0 Å². The number of para-hydroxylation sites is 1. The van der Waals surface area contributed by atoms with E-state index in [4.69, 9.17) is 9.62 Å². The fraction of sp³-hybridized carbons (Fsp3) is 0. The van der Waals surface area contributed by atoms with Crippen molar-refractivity contribution < 1.29 is 14.4 Å². The molecule has 2 rings (SSSR count). The summed E-state index contributed by atoms with van der Waals surface area (Å²) in [7, 11) is 0. The Morgan fingerprint density at radius 2 is 2.11 bits per heavy atom. The summed E-state index contributed by atoms with van der Waals surface area (Å²) in [6, 6.07) is 9.95. The van der Waals surface area contributed by atoms with Gasteiger partial charge in [-0.2, -0.15) is 5.10 Å². The van der Waals surface area contributed by atoms with E-state index in [1.807, 2.05) is 5.48 Å². The van der Waals surface area contributed by atoms with E-state index in [1.54, 1.807) is 36.4 Å². The van der Waals surface area contributed by atoms with E-state index >= 15 is 0 Å². The molecule has 0 aliphatic carbocycles. The van der Waals surface area contributed by atoms with Crippen molar-refractivity contribution in [3.63, 3.8) is 0 Å². The number of carbonyl (C=O) groups is 1. The van der Waals surface area contributed by atoms with Crippen molar-refractivity contribution >= 4 is 17.8 Å². The van der Waals surface area contributed by atoms with Gasteiger partial charge in [0.25, 0.3) is 5.91 Å². The van der Waals surface area contributed by atoms with Gasteiger partial charge in [0.15, 0.2) is 0 Å². The van der Waals surface area contributed by atoms with E-state index in [1.165, 1.54) is 12.5 Å². The van der Waals surface area contributed by atoms with Crippen LogP contribution in [-0.2, 0) is 0 Å². The summed E-state index contributed by atoms with van der Waals surface area (Å²) in [5.41, 5.74) is 4.88. The van der Waals surface area contributed by atoms with E-state index < -0.39 is 5.91 Å². The topological polar surface area (TPSA) is 86.9 Å². The molecule has 0 fully saturated rings. The van der Waals surface area contributed by atoms with Gasteiger partial charge in [-0.15, -0.1) is 0 Å². The van der Waals surface area contributed by atoms with Crippen molar-refractivity contribution in [2.24, 2.45) is 5.10 Å². The number of nitrogens with one attached hydrogen (secondary N) is 2. The second kappa shape index (κ2) is 5.65. The number of hydrogen-bond donors (Lipinski definition) is 3. The summed E-state index contributed by atoms with van der Waals surface area (Å²) in [5, 5.41) is 12.6. The molecule has 0 saturated carbocycles. The third-order valence-corrected chi connectivity index (χ3v) is 2.19. The van der Waals surface area contributed by atoms with Crippen molar-refractivity contribution in [1.82, 2.24) is 5.43 Å². The first-order chi connectivity index (χ1) is 8.81. The molecule has 1 aromatic heterocycles. The zero-order valence-corrected chi connectivity index (χ0v) is 9.33. The molecule has 2 aromatic rings. The molecule has 0 spiro atoms. The summed E-state index contributed by atoms with van der Waals surface area (Å²) in [6.45, 7) is 0. The quantitative estimate of drug-likeness (QED) is 0.566. The van der Waals surface area contributed by atoms with Crippen LogP contribution in [0.4, 0.5) is 5.69 Å². The molecule has 92 valence electrons. The van der Waals surface area contributed by atoms with Crippen molar-refractivity contribution in [2.45, 2.75) is 0 Å². The lowest BCUT2D eigenvalue weighted by molar-refractivity contribution is 0.0955. The Labute approximate surface area is 103 Å². The summed E-state index contributed by atoms with van der Waals surface area (Å²) in [5.74, 6) is 0.0961. The molecule has 0 atom stereocenters. The van der Waals surface area contributed by atoms with Gasteiger partial charge in [0.05, 0.1) is 23.7 Å². The van der Waals surface area contributed by atoms with Gasteiger partial charge in [0.1, 0.15) is 5.76 Å². The lowest BCUT2D eigenvalue weighted by Gasteiger charge is -2.05. The molecule has 0 aliphatic rings. The van der Waals surface area contributed by atoms with Crippen LogP contribution >= 0.6 is 0 Å². The molecule has 0 saturated heterocycles. The zero-order chi connectivity index (χ0) is 12.8. The van der Waals surface area contributed by atoms with E-state index in [0.717, 1.165) is 0 Å². The minimum Gasteiger partial charge on any atom is -0.463 e. The van der Waals surface area contributed by atoms with E-state index in [0.29, 0.717) is 11.4 Å². The Morgan fingerprint density at radius 1 is 1.28 bits per heavy atom. The largest absolute Gasteiger partial charge is 0.463 e. The lowest BCUT2D eigenvalue weighted by atomic mass is 10.2. The molecule has 0 aliphatic heterocycles. The highest BCUT2D eigenvalue weighted by molar-refractivity contribution is 5.99. The average molecular weight is 245 g/mol. The van der Waals surface area contributed by atoms with E-state index in [9.17, 15) is 4.79 Å². The van der Waals surface area contributed by atoms with Crippen LogP contribution in [0.1, 0.15) is 16.1 Å². The third-order valence-electron chi connectivity index (χ3n) is 2.19. The number of furan rings is 1. The number of carbonyl (C=O) groups excluding carboxylic acids is 1. The predicted octanol–water partition coefficient (Wildman–Crippen LogP) is 1.84. The molecule has 3 N–H and O–H groups in total. The predicted molar refractivity (Wildman–Crippen MR) is 65.6 cm³/mol. The maximum atomic E-state index is 11.7. The summed E-state index contributed by atoms with van der Waals surface area (Å²) in [4.78, 5) is 11.7. The van der Waals surface area contributed by atoms with E-state index in [-0.39, 0.29) is 5.56 Å². The normalized spacial score (nSPS) is 10.5. The van der Waals surface area contributed by atoms with Gasteiger partial charge in [-0.3, -0.25) is 15.5 Å². The lowest BCUT2D eigenvalue weighted by Crippen LogP contribution is -2.18. The highest BCUT2D eigenvalue weighted by Crippen LogP contribution is 2.13. The fourth-order valence-corrected chi connectivity index (χ4v) is 1.36. The molecule has 6 heteroatoms. The second-order valence-electron chi connectivity index (χ2n) is 3.37. The summed E-state index contributed by atoms with van der Waals surface area (Å²) in [6.07, 6.45) is 2.89. The Hall–Kier alpha value is -2.60. The van der Waals surface area contributed by atoms with Crippen molar-refractivity contribution in [3.05, 3.63) is 54.0 Å². The molecule has 6 nitrogen and oxygen atoms in total. The van der Waals surface area contributed by atoms with Gasteiger partial charge >= 0.3 is 0 Å². The molecule has 1 aromatic carbocycles. The van der Waals surface area contributed by atoms with Crippen LogP contribution in [0, 0.1) is 0 Å². The number of rotatable bonds is 4. The molecule has 0 unspecified atom stereocenters. The number of benzene rings is 1. The average Bonchev–Trinajstić information content (AvgIpc) is 2.91. The van der Waals surface area contributed by atoms with Gasteiger partial charge in [-0.1, -0.05) is 12.1 Å². The van der Waals surface area contributed by atoms with Crippen LogP contribution in [0.25, 0.3) is 0 Å². The first-order valence-corrected chi connectivity index (χ1v) is 5.17. The van der Waals surface area contributed by atoms with E-state index in [2.05, 4.69) is 10.5 Å². The maximum absolute atomic E-state index is 11.7. The monoisotopic (exact) mass is 245 g/mol. The minimum atomic E-state index is -0.435. The Balaban J connectivity index is 2.04. The molecular formula is C12H11N3O3. The number of anilines is 1. The van der Waals surface area contributed by atoms with Crippen molar-refractivity contribution in [1.29, 1.82) is 0 Å². The van der Waals surface area contributed by atoms with Crippen LogP contribution in [0.5, 0.6) is 0 Å². The van der Waals surface area contributed by atoms with Crippen LogP contribution < -0.4 is 10.9 Å². The first-order valence-electron chi connectivity index (χ1n) is 5.17. The summed E-state index contributed by atoms with van der Waals surface area (Å²) >= 11 is 0. The van der Waals surface area contributed by atoms with Crippen molar-refractivity contribution in [2.75, 3.05) is 5.48 Å². The highest BCUT2D eigenvalue weighted by atomic mass is 16.5. The fourth-order valence-electron chi connectivity index (χ4n) is 1.36. The SMILES string of the molecule is O=C(N/N=C/c1ccco1)c1ccccc1NO. The highest BCUT2D eigenvalue weighted by Gasteiger charge is 2.08. The smallest absolute Gasteiger partial charge is 0.273 e. The Kier molecular flexibility index (Phi) is 3.72. The zero-order valence-electron chi connectivity index (χ0n) is 9.33. The van der Waals surface area contributed by atoms with Gasteiger partial charge in [-0.25, -0.2) is 5.43 Å². The van der Waals surface area contributed by atoms with Gasteiger partial charge in [0, 0.05) is 0 Å². The van der Waals surface area contributed by atoms with Gasteiger partial charge in [0.2, 0.25) is 0 Å². The number of hydrogen-bond acceptors (Lipinski definition) is 5. The van der Waals surface area contributed by atoms with Gasteiger partial charge in [-0.05, 0) is 24.3 Å². The minimum absolute atomic E-state index is 0.289. The standard InChI is InChI=1S/C12H11N3O3/c16-12(10-5-1-2-6-11(10)15-17)14-13-8-9-4-3-7-18-9/h1-8,15,17H,(H,14,16)/b13-8+. The molecule has 0 bridgehead atoms. The molecule has 0 radical (unpaired) electrons. The van der Waals surface area contributed by atoms with Crippen LogP contribution in [0.15, 0.2) is 52.2 Å². The number of nitrogens with zero attached hydrogens (tertiary/aromatic N) is 1. The first kappa shape index (κ1) is 11.9. The summed E-state index contributed by atoms with van der Waals surface area (Å²) < 4.78 is 5.01. The third kappa shape index (κ3) is 2.74. The Morgan fingerprint density at radius 3 is 2.83 bits per heavy atom.